The van der Waals surface area contributed by atoms with Crippen LogP contribution in [-0.2, 0) is 0 Å². The van der Waals surface area contributed by atoms with Crippen molar-refractivity contribution in [2.24, 2.45) is 5.92 Å². The highest BCUT2D eigenvalue weighted by Gasteiger charge is 2.26. The van der Waals surface area contributed by atoms with E-state index in [1.165, 1.54) is 6.42 Å². The van der Waals surface area contributed by atoms with Crippen LogP contribution in [-0.4, -0.2) is 63.0 Å². The molecule has 1 aromatic carbocycles. The lowest BCUT2D eigenvalue weighted by molar-refractivity contribution is 0.0677. The first-order valence-electron chi connectivity index (χ1n) is 11.8. The molecular weight excluding hydrogens is 402 g/mol. The third kappa shape index (κ3) is 4.35. The summed E-state index contributed by atoms with van der Waals surface area (Å²) in [6.45, 7) is 4.86. The highest BCUT2D eigenvalue weighted by atomic mass is 16.2. The van der Waals surface area contributed by atoms with Crippen LogP contribution in [0.4, 0.5) is 0 Å². The van der Waals surface area contributed by atoms with E-state index in [1.54, 1.807) is 12.4 Å². The first kappa shape index (κ1) is 20.9. The lowest BCUT2D eigenvalue weighted by atomic mass is 9.92. The standard InChI is InChI=1S/C25H31N5O2/c31-24(20-4-3-12-26-18-20)29-16-8-19(9-17-29)7-13-28-14-10-21(11-15-28)30-23-6-2-1-5-22(23)27-25(30)32/h1-6,12,18-19,21H,7-11,13-17H2,(H,27,32). The monoisotopic (exact) mass is 433 g/mol. The smallest absolute Gasteiger partial charge is 0.326 e. The summed E-state index contributed by atoms with van der Waals surface area (Å²) in [5.74, 6) is 0.785. The largest absolute Gasteiger partial charge is 0.339 e. The van der Waals surface area contributed by atoms with Crippen LogP contribution in [0.1, 0.15) is 48.5 Å². The molecule has 3 aromatic rings. The second kappa shape index (κ2) is 9.28. The molecule has 2 aromatic heterocycles. The zero-order valence-corrected chi connectivity index (χ0v) is 18.4. The van der Waals surface area contributed by atoms with Crippen molar-refractivity contribution in [3.8, 4) is 0 Å². The van der Waals surface area contributed by atoms with Crippen LogP contribution < -0.4 is 5.69 Å². The van der Waals surface area contributed by atoms with Crippen LogP contribution in [0.25, 0.3) is 11.0 Å². The summed E-state index contributed by atoms with van der Waals surface area (Å²) in [4.78, 5) is 36.6. The number of piperidine rings is 2. The molecule has 2 aliphatic rings. The maximum absolute atomic E-state index is 12.6. The van der Waals surface area contributed by atoms with Crippen LogP contribution >= 0.6 is 0 Å². The topological polar surface area (TPSA) is 74.2 Å². The van der Waals surface area contributed by atoms with Gasteiger partial charge < -0.3 is 14.8 Å². The Kier molecular flexibility index (Phi) is 6.08. The number of benzene rings is 1. The molecule has 1 N–H and O–H groups in total. The number of carbonyl (C=O) groups excluding carboxylic acids is 1. The van der Waals surface area contributed by atoms with Gasteiger partial charge in [0.1, 0.15) is 0 Å². The van der Waals surface area contributed by atoms with Crippen molar-refractivity contribution in [2.45, 2.75) is 38.1 Å². The number of pyridine rings is 1. The first-order valence-corrected chi connectivity index (χ1v) is 11.8. The number of aromatic nitrogens is 3. The number of likely N-dealkylation sites (tertiary alicyclic amines) is 2. The number of carbonyl (C=O) groups is 1. The maximum atomic E-state index is 12.6. The minimum Gasteiger partial charge on any atom is -0.339 e. The van der Waals surface area contributed by atoms with Crippen molar-refractivity contribution in [3.05, 3.63) is 64.8 Å². The Bertz CT molecular complexity index is 1110. The predicted octanol–water partition coefficient (Wildman–Crippen LogP) is 3.30. The van der Waals surface area contributed by atoms with E-state index in [1.807, 2.05) is 45.9 Å². The van der Waals surface area contributed by atoms with E-state index in [4.69, 9.17) is 0 Å². The number of nitrogens with one attached hydrogen (secondary N) is 1. The molecule has 0 unspecified atom stereocenters. The first-order chi connectivity index (χ1) is 15.7. The number of hydrogen-bond acceptors (Lipinski definition) is 4. The number of imidazole rings is 1. The van der Waals surface area contributed by atoms with Crippen molar-refractivity contribution in [1.29, 1.82) is 0 Å². The van der Waals surface area contributed by atoms with Crippen LogP contribution in [0.3, 0.4) is 0 Å². The van der Waals surface area contributed by atoms with Gasteiger partial charge in [-0.15, -0.1) is 0 Å². The Morgan fingerprint density at radius 2 is 1.78 bits per heavy atom. The Hall–Kier alpha value is -2.93. The minimum atomic E-state index is 0.0113. The van der Waals surface area contributed by atoms with E-state index in [2.05, 4.69) is 14.9 Å². The molecule has 4 heterocycles. The van der Waals surface area contributed by atoms with E-state index in [-0.39, 0.29) is 17.6 Å². The molecular formula is C25H31N5O2. The average Bonchev–Trinajstić information content (AvgIpc) is 3.19. The molecule has 1 amide bonds. The van der Waals surface area contributed by atoms with Gasteiger partial charge in [0.25, 0.3) is 5.91 Å². The van der Waals surface area contributed by atoms with Crippen molar-refractivity contribution < 1.29 is 4.79 Å². The fourth-order valence-electron chi connectivity index (χ4n) is 5.30. The molecule has 0 radical (unpaired) electrons. The number of para-hydroxylation sites is 2. The van der Waals surface area contributed by atoms with Gasteiger partial charge in [0.2, 0.25) is 0 Å². The van der Waals surface area contributed by atoms with Crippen LogP contribution in [0.2, 0.25) is 0 Å². The summed E-state index contributed by atoms with van der Waals surface area (Å²) in [6, 6.07) is 11.9. The summed E-state index contributed by atoms with van der Waals surface area (Å²) in [7, 11) is 0. The van der Waals surface area contributed by atoms with Crippen molar-refractivity contribution in [2.75, 3.05) is 32.7 Å². The number of hydrogen-bond donors (Lipinski definition) is 1. The van der Waals surface area contributed by atoms with Gasteiger partial charge >= 0.3 is 5.69 Å². The molecule has 5 rings (SSSR count). The van der Waals surface area contributed by atoms with Crippen LogP contribution in [0, 0.1) is 5.92 Å². The Morgan fingerprint density at radius 1 is 1.00 bits per heavy atom. The van der Waals surface area contributed by atoms with Gasteiger partial charge in [-0.3, -0.25) is 14.3 Å². The number of amides is 1. The van der Waals surface area contributed by atoms with Gasteiger partial charge in [0.15, 0.2) is 0 Å². The Labute approximate surface area is 188 Å². The molecule has 0 atom stereocenters. The normalized spacial score (nSPS) is 18.9. The van der Waals surface area contributed by atoms with Gasteiger partial charge in [0.05, 0.1) is 16.6 Å². The number of H-pyrrole nitrogens is 1. The van der Waals surface area contributed by atoms with E-state index < -0.39 is 0 Å². The second-order valence-electron chi connectivity index (χ2n) is 9.16. The summed E-state index contributed by atoms with van der Waals surface area (Å²) in [6.07, 6.45) is 8.72. The van der Waals surface area contributed by atoms with Crippen molar-refractivity contribution >= 4 is 16.9 Å². The molecule has 32 heavy (non-hydrogen) atoms. The number of fused-ring (bicyclic) bond motifs is 1. The van der Waals surface area contributed by atoms with Gasteiger partial charge in [0, 0.05) is 44.6 Å². The number of rotatable bonds is 5. The van der Waals surface area contributed by atoms with Gasteiger partial charge in [-0.05, 0) is 68.8 Å². The molecule has 0 bridgehead atoms. The third-order valence-electron chi connectivity index (χ3n) is 7.21. The zero-order chi connectivity index (χ0) is 21.9. The average molecular weight is 434 g/mol. The SMILES string of the molecule is O=C(c1cccnc1)N1CCC(CCN2CCC(n3c(=O)[nH]c4ccccc43)CC2)CC1. The van der Waals surface area contributed by atoms with E-state index in [9.17, 15) is 9.59 Å². The van der Waals surface area contributed by atoms with E-state index >= 15 is 0 Å². The van der Waals surface area contributed by atoms with Gasteiger partial charge in [-0.1, -0.05) is 12.1 Å². The molecule has 0 aliphatic carbocycles. The third-order valence-corrected chi connectivity index (χ3v) is 7.21. The molecule has 2 saturated heterocycles. The molecule has 0 saturated carbocycles. The Balaban J connectivity index is 1.08. The van der Waals surface area contributed by atoms with Crippen LogP contribution in [0.5, 0.6) is 0 Å². The van der Waals surface area contributed by atoms with Crippen molar-refractivity contribution in [1.82, 2.24) is 24.3 Å². The summed E-state index contributed by atoms with van der Waals surface area (Å²) in [5.41, 5.74) is 2.64. The van der Waals surface area contributed by atoms with E-state index in [0.717, 1.165) is 69.4 Å². The highest BCUT2D eigenvalue weighted by Crippen LogP contribution is 2.27. The lowest BCUT2D eigenvalue weighted by Gasteiger charge is -2.35. The molecule has 0 spiro atoms. The highest BCUT2D eigenvalue weighted by molar-refractivity contribution is 5.93. The number of nitrogens with zero attached hydrogens (tertiary/aromatic N) is 4. The summed E-state index contributed by atoms with van der Waals surface area (Å²) >= 11 is 0. The maximum Gasteiger partial charge on any atom is 0.326 e. The van der Waals surface area contributed by atoms with Crippen LogP contribution in [0.15, 0.2) is 53.6 Å². The summed E-state index contributed by atoms with van der Waals surface area (Å²) in [5, 5.41) is 0. The fourth-order valence-corrected chi connectivity index (χ4v) is 5.30. The number of aromatic amines is 1. The zero-order valence-electron chi connectivity index (χ0n) is 18.4. The molecule has 7 nitrogen and oxygen atoms in total. The molecule has 2 aliphatic heterocycles. The second-order valence-corrected chi connectivity index (χ2v) is 9.16. The lowest BCUT2D eigenvalue weighted by Crippen LogP contribution is -2.40. The fraction of sp³-hybridized carbons (Fsp3) is 0.480. The van der Waals surface area contributed by atoms with E-state index in [0.29, 0.717) is 11.5 Å². The quantitative estimate of drug-likeness (QED) is 0.670. The molecule has 168 valence electrons. The van der Waals surface area contributed by atoms with Crippen molar-refractivity contribution in [3.63, 3.8) is 0 Å². The van der Waals surface area contributed by atoms with Gasteiger partial charge in [-0.2, -0.15) is 0 Å². The summed E-state index contributed by atoms with van der Waals surface area (Å²) < 4.78 is 1.96. The molecule has 7 heteroatoms. The molecule has 2 fully saturated rings. The minimum absolute atomic E-state index is 0.0113. The Morgan fingerprint density at radius 3 is 2.53 bits per heavy atom. The van der Waals surface area contributed by atoms with Gasteiger partial charge in [-0.25, -0.2) is 4.79 Å². The predicted molar refractivity (Wildman–Crippen MR) is 125 cm³/mol.